The van der Waals surface area contributed by atoms with E-state index >= 15 is 0 Å². The zero-order valence-corrected chi connectivity index (χ0v) is 18.0. The predicted octanol–water partition coefficient (Wildman–Crippen LogP) is 3.57. The highest BCUT2D eigenvalue weighted by atomic mass is 35.5. The molecule has 0 bridgehead atoms. The summed E-state index contributed by atoms with van der Waals surface area (Å²) in [5.41, 5.74) is 2.36. The molecule has 1 fully saturated rings. The van der Waals surface area contributed by atoms with Crippen LogP contribution in [0.15, 0.2) is 47.4 Å². The minimum Gasteiger partial charge on any atom is -0.348 e. The molecule has 1 amide bonds. The third kappa shape index (κ3) is 4.89. The number of nitrogens with one attached hydrogen (secondary N) is 1. The van der Waals surface area contributed by atoms with Gasteiger partial charge in [0, 0.05) is 31.1 Å². The Hall–Kier alpha value is -1.54. The predicted molar refractivity (Wildman–Crippen MR) is 115 cm³/mol. The third-order valence-corrected chi connectivity index (χ3v) is 7.84. The summed E-state index contributed by atoms with van der Waals surface area (Å²) in [6.45, 7) is 3.39. The summed E-state index contributed by atoms with van der Waals surface area (Å²) in [7, 11) is -3.63. The van der Waals surface area contributed by atoms with Gasteiger partial charge in [-0.05, 0) is 35.7 Å². The average molecular weight is 439 g/mol. The first kappa shape index (κ1) is 21.2. The van der Waals surface area contributed by atoms with Gasteiger partial charge in [0.15, 0.2) is 0 Å². The molecule has 0 unspecified atom stereocenters. The van der Waals surface area contributed by atoms with E-state index in [-0.39, 0.29) is 15.5 Å². The molecule has 0 atom stereocenters. The number of rotatable bonds is 6. The number of carbonyl (C=O) groups excluding carboxylic acids is 1. The molecule has 3 rings (SSSR count). The van der Waals surface area contributed by atoms with Crippen LogP contribution in [0.2, 0.25) is 5.02 Å². The molecule has 2 aromatic rings. The van der Waals surface area contributed by atoms with Crippen LogP contribution in [0.1, 0.15) is 28.4 Å². The number of benzene rings is 2. The van der Waals surface area contributed by atoms with Crippen LogP contribution in [0, 0.1) is 0 Å². The van der Waals surface area contributed by atoms with E-state index < -0.39 is 15.9 Å². The summed E-state index contributed by atoms with van der Waals surface area (Å²) >= 11 is 7.91. The first-order valence-corrected chi connectivity index (χ1v) is 12.1. The van der Waals surface area contributed by atoms with Crippen molar-refractivity contribution >= 4 is 39.3 Å². The molecule has 5 nitrogen and oxygen atoms in total. The van der Waals surface area contributed by atoms with Crippen molar-refractivity contribution in [3.8, 4) is 0 Å². The van der Waals surface area contributed by atoms with E-state index in [1.807, 2.05) is 24.3 Å². The average Bonchev–Trinajstić information content (AvgIpc) is 2.73. The van der Waals surface area contributed by atoms with Crippen molar-refractivity contribution < 1.29 is 13.2 Å². The molecule has 2 aromatic carbocycles. The second kappa shape index (κ2) is 9.31. The van der Waals surface area contributed by atoms with Crippen molar-refractivity contribution in [2.24, 2.45) is 0 Å². The number of thioether (sulfide) groups is 1. The number of carbonyl (C=O) groups is 1. The second-order valence-electron chi connectivity index (χ2n) is 6.51. The fraction of sp³-hybridized carbons (Fsp3) is 0.350. The minimum absolute atomic E-state index is 0.0984. The van der Waals surface area contributed by atoms with Crippen molar-refractivity contribution in [1.29, 1.82) is 0 Å². The molecule has 28 heavy (non-hydrogen) atoms. The Morgan fingerprint density at radius 2 is 1.75 bits per heavy atom. The molecule has 8 heteroatoms. The van der Waals surface area contributed by atoms with Gasteiger partial charge in [-0.25, -0.2) is 8.42 Å². The number of halogens is 1. The third-order valence-electron chi connectivity index (χ3n) is 4.67. The second-order valence-corrected chi connectivity index (χ2v) is 10.1. The smallest absolute Gasteiger partial charge is 0.253 e. The van der Waals surface area contributed by atoms with Gasteiger partial charge in [-0.3, -0.25) is 4.79 Å². The lowest BCUT2D eigenvalue weighted by molar-refractivity contribution is 0.0951. The van der Waals surface area contributed by atoms with Gasteiger partial charge in [0.25, 0.3) is 5.91 Å². The van der Waals surface area contributed by atoms with Crippen molar-refractivity contribution in [2.45, 2.75) is 24.8 Å². The molecular weight excluding hydrogens is 416 g/mol. The molecule has 1 aliphatic heterocycles. The van der Waals surface area contributed by atoms with Crippen LogP contribution in [0.25, 0.3) is 0 Å². The molecule has 0 aromatic heterocycles. The standard InChI is InChI=1S/C20H23ClN2O3S2/c1-2-15-3-5-16(6-4-15)14-22-20(24)18-13-17(7-8-19(18)21)28(25,26)23-9-11-27-12-10-23/h3-8,13H,2,9-12,14H2,1H3,(H,22,24). The SMILES string of the molecule is CCc1ccc(CNC(=O)c2cc(S(=O)(=O)N3CCSCC3)ccc2Cl)cc1. The van der Waals surface area contributed by atoms with E-state index in [1.54, 1.807) is 11.8 Å². The molecule has 0 aliphatic carbocycles. The summed E-state index contributed by atoms with van der Waals surface area (Å²) in [6.07, 6.45) is 0.958. The van der Waals surface area contributed by atoms with Gasteiger partial charge in [0.05, 0.1) is 15.5 Å². The molecule has 1 heterocycles. The maximum absolute atomic E-state index is 12.9. The van der Waals surface area contributed by atoms with Crippen LogP contribution in [-0.4, -0.2) is 43.2 Å². The van der Waals surface area contributed by atoms with E-state index in [0.29, 0.717) is 19.6 Å². The number of sulfonamides is 1. The van der Waals surface area contributed by atoms with Crippen molar-refractivity contribution in [1.82, 2.24) is 9.62 Å². The Bertz CT molecular complexity index is 940. The number of hydrogen-bond donors (Lipinski definition) is 1. The van der Waals surface area contributed by atoms with Crippen molar-refractivity contribution in [3.63, 3.8) is 0 Å². The van der Waals surface area contributed by atoms with Crippen LogP contribution in [-0.2, 0) is 23.0 Å². The molecule has 1 N–H and O–H groups in total. The van der Waals surface area contributed by atoms with E-state index in [4.69, 9.17) is 11.6 Å². The summed E-state index contributed by atoms with van der Waals surface area (Å²) in [5.74, 6) is 1.16. The zero-order valence-electron chi connectivity index (χ0n) is 15.7. The fourth-order valence-corrected chi connectivity index (χ4v) is 5.75. The Kier molecular flexibility index (Phi) is 7.04. The highest BCUT2D eigenvalue weighted by molar-refractivity contribution is 7.99. The molecule has 1 saturated heterocycles. The van der Waals surface area contributed by atoms with Gasteiger partial charge in [0.1, 0.15) is 0 Å². The first-order chi connectivity index (χ1) is 13.4. The maximum Gasteiger partial charge on any atom is 0.253 e. The van der Waals surface area contributed by atoms with Gasteiger partial charge in [-0.2, -0.15) is 16.1 Å². The topological polar surface area (TPSA) is 66.5 Å². The summed E-state index contributed by atoms with van der Waals surface area (Å²) in [5, 5.41) is 3.05. The number of hydrogen-bond acceptors (Lipinski definition) is 4. The van der Waals surface area contributed by atoms with Gasteiger partial charge in [-0.15, -0.1) is 0 Å². The summed E-state index contributed by atoms with van der Waals surface area (Å²) < 4.78 is 27.2. The fourth-order valence-electron chi connectivity index (χ4n) is 2.95. The summed E-state index contributed by atoms with van der Waals surface area (Å²) in [4.78, 5) is 12.7. The lowest BCUT2D eigenvalue weighted by Crippen LogP contribution is -2.38. The monoisotopic (exact) mass is 438 g/mol. The van der Waals surface area contributed by atoms with Crippen molar-refractivity contribution in [2.75, 3.05) is 24.6 Å². The van der Waals surface area contributed by atoms with Crippen LogP contribution in [0.3, 0.4) is 0 Å². The molecule has 150 valence electrons. The lowest BCUT2D eigenvalue weighted by atomic mass is 10.1. The van der Waals surface area contributed by atoms with Crippen molar-refractivity contribution in [3.05, 3.63) is 64.2 Å². The normalized spacial score (nSPS) is 15.4. The van der Waals surface area contributed by atoms with Crippen LogP contribution in [0.4, 0.5) is 0 Å². The lowest BCUT2D eigenvalue weighted by Gasteiger charge is -2.25. The Morgan fingerprint density at radius 1 is 1.11 bits per heavy atom. The Morgan fingerprint density at radius 3 is 2.39 bits per heavy atom. The summed E-state index contributed by atoms with van der Waals surface area (Å²) in [6, 6.07) is 12.3. The van der Waals surface area contributed by atoms with Gasteiger partial charge >= 0.3 is 0 Å². The highest BCUT2D eigenvalue weighted by Gasteiger charge is 2.27. The van der Waals surface area contributed by atoms with E-state index in [0.717, 1.165) is 23.5 Å². The zero-order chi connectivity index (χ0) is 20.1. The van der Waals surface area contributed by atoms with E-state index in [2.05, 4.69) is 12.2 Å². The first-order valence-electron chi connectivity index (χ1n) is 9.15. The van der Waals surface area contributed by atoms with Crippen LogP contribution >= 0.6 is 23.4 Å². The maximum atomic E-state index is 12.9. The van der Waals surface area contributed by atoms with E-state index in [9.17, 15) is 13.2 Å². The van der Waals surface area contributed by atoms with Crippen LogP contribution < -0.4 is 5.32 Å². The van der Waals surface area contributed by atoms with Gasteiger partial charge < -0.3 is 5.32 Å². The molecular formula is C20H23ClN2O3S2. The van der Waals surface area contributed by atoms with Gasteiger partial charge in [-0.1, -0.05) is 42.8 Å². The molecule has 0 spiro atoms. The number of amides is 1. The largest absolute Gasteiger partial charge is 0.348 e. The number of nitrogens with zero attached hydrogens (tertiary/aromatic N) is 1. The van der Waals surface area contributed by atoms with Gasteiger partial charge in [0.2, 0.25) is 10.0 Å². The Labute approximate surface area is 175 Å². The minimum atomic E-state index is -3.63. The van der Waals surface area contributed by atoms with Crippen LogP contribution in [0.5, 0.6) is 0 Å². The molecule has 1 aliphatic rings. The quantitative estimate of drug-likeness (QED) is 0.748. The molecule has 0 saturated carbocycles. The van der Waals surface area contributed by atoms with E-state index in [1.165, 1.54) is 28.1 Å². The molecule has 0 radical (unpaired) electrons. The number of aryl methyl sites for hydroxylation is 1. The highest BCUT2D eigenvalue weighted by Crippen LogP contribution is 2.25. The Balaban J connectivity index is 1.75.